The first kappa shape index (κ1) is 15.3. The summed E-state index contributed by atoms with van der Waals surface area (Å²) in [5.41, 5.74) is 2.09. The second-order valence-corrected chi connectivity index (χ2v) is 6.62. The third-order valence-corrected chi connectivity index (χ3v) is 5.00. The van der Waals surface area contributed by atoms with Crippen LogP contribution < -0.4 is 5.56 Å². The maximum Gasteiger partial charge on any atom is 0.261 e. The Morgan fingerprint density at radius 1 is 1.36 bits per heavy atom. The van der Waals surface area contributed by atoms with E-state index in [-0.39, 0.29) is 22.9 Å². The van der Waals surface area contributed by atoms with Gasteiger partial charge in [0.2, 0.25) is 0 Å². The van der Waals surface area contributed by atoms with Crippen LogP contribution in [0.3, 0.4) is 0 Å². The molecule has 2 unspecified atom stereocenters. The van der Waals surface area contributed by atoms with E-state index in [0.717, 1.165) is 49.8 Å². The number of carbonyl (C=O) groups excluding carboxylic acids is 1. The number of aromatic amines is 1. The lowest BCUT2D eigenvalue weighted by atomic mass is 9.92. The van der Waals surface area contributed by atoms with E-state index in [9.17, 15) is 14.7 Å². The van der Waals surface area contributed by atoms with Crippen molar-refractivity contribution in [1.82, 2.24) is 9.88 Å². The smallest absolute Gasteiger partial charge is 0.261 e. The minimum Gasteiger partial charge on any atom is -0.393 e. The zero-order valence-electron chi connectivity index (χ0n) is 13.1. The maximum absolute atomic E-state index is 12.7. The Labute approximate surface area is 130 Å². The molecule has 5 nitrogen and oxygen atoms in total. The molecule has 1 aliphatic heterocycles. The zero-order chi connectivity index (χ0) is 15.7. The van der Waals surface area contributed by atoms with Crippen molar-refractivity contribution in [3.63, 3.8) is 0 Å². The molecule has 2 N–H and O–H groups in total. The van der Waals surface area contributed by atoms with Gasteiger partial charge in [-0.1, -0.05) is 0 Å². The van der Waals surface area contributed by atoms with Crippen LogP contribution in [-0.2, 0) is 12.8 Å². The molecule has 1 fully saturated rings. The minimum absolute atomic E-state index is 0.106. The van der Waals surface area contributed by atoms with Crippen LogP contribution in [0.25, 0.3) is 0 Å². The molecule has 2 aliphatic rings. The number of rotatable bonds is 2. The van der Waals surface area contributed by atoms with Crippen molar-refractivity contribution in [2.75, 3.05) is 13.1 Å². The van der Waals surface area contributed by atoms with Crippen molar-refractivity contribution in [3.05, 3.63) is 33.2 Å². The summed E-state index contributed by atoms with van der Waals surface area (Å²) in [4.78, 5) is 29.6. The predicted molar refractivity (Wildman–Crippen MR) is 84.0 cm³/mol. The number of amides is 1. The van der Waals surface area contributed by atoms with E-state index in [1.165, 1.54) is 0 Å². The van der Waals surface area contributed by atoms with Crippen LogP contribution in [0.15, 0.2) is 10.9 Å². The van der Waals surface area contributed by atoms with Gasteiger partial charge in [0.25, 0.3) is 11.5 Å². The third-order valence-electron chi connectivity index (χ3n) is 5.00. The molecule has 0 spiro atoms. The van der Waals surface area contributed by atoms with Gasteiger partial charge in [0, 0.05) is 24.7 Å². The Morgan fingerprint density at radius 2 is 2.14 bits per heavy atom. The Hall–Kier alpha value is -1.62. The van der Waals surface area contributed by atoms with Gasteiger partial charge in [-0.2, -0.15) is 0 Å². The highest BCUT2D eigenvalue weighted by atomic mass is 16.3. The van der Waals surface area contributed by atoms with E-state index >= 15 is 0 Å². The molecule has 120 valence electrons. The highest BCUT2D eigenvalue weighted by Gasteiger charge is 2.28. The largest absolute Gasteiger partial charge is 0.393 e. The number of aliphatic hydroxyl groups excluding tert-OH is 1. The Morgan fingerprint density at radius 3 is 2.91 bits per heavy atom. The first-order valence-electron chi connectivity index (χ1n) is 8.28. The Bertz CT molecular complexity index is 621. The van der Waals surface area contributed by atoms with Crippen LogP contribution in [0.4, 0.5) is 0 Å². The fourth-order valence-electron chi connectivity index (χ4n) is 3.59. The molecule has 3 rings (SSSR count). The molecule has 22 heavy (non-hydrogen) atoms. The molecule has 2 atom stereocenters. The van der Waals surface area contributed by atoms with E-state index in [0.29, 0.717) is 13.1 Å². The van der Waals surface area contributed by atoms with E-state index in [2.05, 4.69) is 4.98 Å². The SMILES string of the molecule is CC(O)C1CCCN(C(=O)c2cc3c([nH]c2=O)CCCC3)C1. The predicted octanol–water partition coefficient (Wildman–Crippen LogP) is 1.49. The zero-order valence-corrected chi connectivity index (χ0v) is 13.1. The molecular formula is C17H24N2O3. The molecular weight excluding hydrogens is 280 g/mol. The van der Waals surface area contributed by atoms with Gasteiger partial charge in [0.1, 0.15) is 5.56 Å². The number of nitrogens with zero attached hydrogens (tertiary/aromatic N) is 1. The number of H-pyrrole nitrogens is 1. The number of carbonyl (C=O) groups is 1. The van der Waals surface area contributed by atoms with Crippen molar-refractivity contribution >= 4 is 5.91 Å². The number of aryl methyl sites for hydroxylation is 2. The van der Waals surface area contributed by atoms with E-state index in [1.54, 1.807) is 17.9 Å². The lowest BCUT2D eigenvalue weighted by Crippen LogP contribution is -2.44. The third kappa shape index (κ3) is 2.95. The lowest BCUT2D eigenvalue weighted by molar-refractivity contribution is 0.0464. The number of piperidine rings is 1. The molecule has 5 heteroatoms. The van der Waals surface area contributed by atoms with Crippen molar-refractivity contribution < 1.29 is 9.90 Å². The molecule has 1 aromatic rings. The monoisotopic (exact) mass is 304 g/mol. The van der Waals surface area contributed by atoms with Gasteiger partial charge in [-0.15, -0.1) is 0 Å². The molecule has 1 saturated heterocycles. The summed E-state index contributed by atoms with van der Waals surface area (Å²) in [6.07, 6.45) is 5.43. The number of aliphatic hydroxyl groups is 1. The molecule has 0 radical (unpaired) electrons. The first-order valence-corrected chi connectivity index (χ1v) is 8.28. The summed E-state index contributed by atoms with van der Waals surface area (Å²) in [5, 5.41) is 9.75. The van der Waals surface area contributed by atoms with Crippen LogP contribution in [0.5, 0.6) is 0 Å². The quantitative estimate of drug-likeness (QED) is 0.869. The number of hydrogen-bond acceptors (Lipinski definition) is 3. The highest BCUT2D eigenvalue weighted by molar-refractivity contribution is 5.94. The van der Waals surface area contributed by atoms with Gasteiger partial charge in [-0.3, -0.25) is 9.59 Å². The summed E-state index contributed by atoms with van der Waals surface area (Å²) in [6, 6.07) is 1.79. The summed E-state index contributed by atoms with van der Waals surface area (Å²) in [6.45, 7) is 2.97. The average molecular weight is 304 g/mol. The van der Waals surface area contributed by atoms with Gasteiger partial charge < -0.3 is 15.0 Å². The van der Waals surface area contributed by atoms with Crippen molar-refractivity contribution in [2.24, 2.45) is 5.92 Å². The number of aromatic nitrogens is 1. The molecule has 1 aliphatic carbocycles. The van der Waals surface area contributed by atoms with Crippen LogP contribution in [0.1, 0.15) is 54.2 Å². The minimum atomic E-state index is -0.419. The molecule has 1 amide bonds. The van der Waals surface area contributed by atoms with E-state index in [1.807, 2.05) is 0 Å². The molecule has 2 heterocycles. The molecule has 0 aromatic carbocycles. The summed E-state index contributed by atoms with van der Waals surface area (Å²) < 4.78 is 0. The van der Waals surface area contributed by atoms with Crippen LogP contribution in [0, 0.1) is 5.92 Å². The van der Waals surface area contributed by atoms with Gasteiger partial charge in [-0.25, -0.2) is 0 Å². The fraction of sp³-hybridized carbons (Fsp3) is 0.647. The summed E-state index contributed by atoms with van der Waals surface area (Å²) in [5.74, 6) is -0.0885. The molecule has 0 saturated carbocycles. The topological polar surface area (TPSA) is 73.4 Å². The maximum atomic E-state index is 12.7. The van der Waals surface area contributed by atoms with Gasteiger partial charge in [-0.05, 0) is 57.1 Å². The first-order chi connectivity index (χ1) is 10.6. The molecule has 0 bridgehead atoms. The summed E-state index contributed by atoms with van der Waals surface area (Å²) >= 11 is 0. The summed E-state index contributed by atoms with van der Waals surface area (Å²) in [7, 11) is 0. The average Bonchev–Trinajstić information content (AvgIpc) is 2.53. The van der Waals surface area contributed by atoms with Crippen LogP contribution in [-0.4, -0.2) is 40.1 Å². The number of likely N-dealkylation sites (tertiary alicyclic amines) is 1. The number of pyridine rings is 1. The van der Waals surface area contributed by atoms with Crippen molar-refractivity contribution in [1.29, 1.82) is 0 Å². The second kappa shape index (κ2) is 6.24. The number of fused-ring (bicyclic) bond motifs is 1. The van der Waals surface area contributed by atoms with Gasteiger partial charge in [0.15, 0.2) is 0 Å². The highest BCUT2D eigenvalue weighted by Crippen LogP contribution is 2.22. The van der Waals surface area contributed by atoms with Crippen LogP contribution >= 0.6 is 0 Å². The van der Waals surface area contributed by atoms with Crippen LogP contribution in [0.2, 0.25) is 0 Å². The standard InChI is InChI=1S/C17H24N2O3/c1-11(20)13-6-4-8-19(10-13)17(22)14-9-12-5-2-3-7-15(12)18-16(14)21/h9,11,13,20H,2-8,10H2,1H3,(H,18,21). The lowest BCUT2D eigenvalue weighted by Gasteiger charge is -2.34. The van der Waals surface area contributed by atoms with E-state index < -0.39 is 6.10 Å². The normalized spacial score (nSPS) is 23.0. The fourth-order valence-corrected chi connectivity index (χ4v) is 3.59. The molecule has 1 aromatic heterocycles. The van der Waals surface area contributed by atoms with Gasteiger partial charge >= 0.3 is 0 Å². The van der Waals surface area contributed by atoms with Gasteiger partial charge in [0.05, 0.1) is 6.10 Å². The number of nitrogens with one attached hydrogen (secondary N) is 1. The Kier molecular flexibility index (Phi) is 4.34. The number of hydrogen-bond donors (Lipinski definition) is 2. The Balaban J connectivity index is 1.84. The van der Waals surface area contributed by atoms with Crippen molar-refractivity contribution in [3.8, 4) is 0 Å². The van der Waals surface area contributed by atoms with Crippen molar-refractivity contribution in [2.45, 2.75) is 51.6 Å². The second-order valence-electron chi connectivity index (χ2n) is 6.62. The van der Waals surface area contributed by atoms with E-state index in [4.69, 9.17) is 0 Å².